The number of thiophene rings is 2. The van der Waals surface area contributed by atoms with Gasteiger partial charge in [-0.05, 0) is 31.0 Å². The Morgan fingerprint density at radius 2 is 1.02 bits per heavy atom. The fourth-order valence-electron chi connectivity index (χ4n) is 4.82. The van der Waals surface area contributed by atoms with Crippen molar-refractivity contribution in [1.29, 1.82) is 0 Å². The molecule has 40 heavy (non-hydrogen) atoms. The summed E-state index contributed by atoms with van der Waals surface area (Å²) < 4.78 is 11.0. The first kappa shape index (κ1) is 34.5. The van der Waals surface area contributed by atoms with Crippen molar-refractivity contribution in [2.24, 2.45) is 0 Å². The molecule has 2 aromatic rings. The highest BCUT2D eigenvalue weighted by molar-refractivity contribution is 7.22. The van der Waals surface area contributed by atoms with Crippen LogP contribution in [0, 0.1) is 0 Å². The summed E-state index contributed by atoms with van der Waals surface area (Å²) in [6.07, 6.45) is 25.2. The number of hydrogen-bond acceptors (Lipinski definition) is 6. The second kappa shape index (κ2) is 23.0. The van der Waals surface area contributed by atoms with Crippen LogP contribution in [0.25, 0.3) is 9.75 Å². The smallest absolute Gasteiger partial charge is 0.348 e. The predicted molar refractivity (Wildman–Crippen MR) is 172 cm³/mol. The monoisotopic (exact) mass is 590 g/mol. The lowest BCUT2D eigenvalue weighted by atomic mass is 10.1. The summed E-state index contributed by atoms with van der Waals surface area (Å²) in [6.45, 7) is 5.47. The third kappa shape index (κ3) is 15.4. The van der Waals surface area contributed by atoms with Gasteiger partial charge in [-0.1, -0.05) is 129 Å². The minimum absolute atomic E-state index is 0.250. The van der Waals surface area contributed by atoms with Crippen molar-refractivity contribution in [3.8, 4) is 9.75 Å². The van der Waals surface area contributed by atoms with E-state index in [-0.39, 0.29) is 11.9 Å². The van der Waals surface area contributed by atoms with Crippen molar-refractivity contribution in [2.75, 3.05) is 13.2 Å². The molecule has 0 aliphatic rings. The second-order valence-corrected chi connectivity index (χ2v) is 13.0. The van der Waals surface area contributed by atoms with Crippen LogP contribution in [0.2, 0.25) is 0 Å². The standard InChI is InChI=1S/C34H54O4S2/c1-3-5-7-9-11-13-15-17-19-21-25-37-33(35)29-27-32(39-28-29)30-23-24-31(40-30)34(36)38-26-22-20-18-16-14-12-10-8-6-4-2/h23-24,27-28H,3-22,25-26H2,1-2H3. The maximum absolute atomic E-state index is 12.5. The summed E-state index contributed by atoms with van der Waals surface area (Å²) in [4.78, 5) is 27.5. The number of hydrogen-bond donors (Lipinski definition) is 0. The number of unbranched alkanes of at least 4 members (excludes halogenated alkanes) is 18. The molecule has 0 unspecified atom stereocenters. The van der Waals surface area contributed by atoms with Gasteiger partial charge in [0.25, 0.3) is 0 Å². The summed E-state index contributed by atoms with van der Waals surface area (Å²) in [7, 11) is 0. The molecule has 0 saturated carbocycles. The van der Waals surface area contributed by atoms with E-state index in [2.05, 4.69) is 13.8 Å². The molecule has 226 valence electrons. The highest BCUT2D eigenvalue weighted by atomic mass is 32.1. The van der Waals surface area contributed by atoms with Gasteiger partial charge in [0.05, 0.1) is 18.8 Å². The number of esters is 2. The Bertz CT molecular complexity index is 842. The third-order valence-electron chi connectivity index (χ3n) is 7.35. The molecule has 0 aliphatic carbocycles. The van der Waals surface area contributed by atoms with Gasteiger partial charge in [-0.2, -0.15) is 0 Å². The number of carbonyl (C=O) groups is 2. The average molecular weight is 591 g/mol. The molecular weight excluding hydrogens is 537 g/mol. The molecule has 6 heteroatoms. The molecule has 0 atom stereocenters. The van der Waals surface area contributed by atoms with E-state index in [1.807, 2.05) is 23.6 Å². The Balaban J connectivity index is 1.56. The van der Waals surface area contributed by atoms with E-state index in [0.717, 1.165) is 35.4 Å². The summed E-state index contributed by atoms with van der Waals surface area (Å²) in [5, 5.41) is 1.85. The minimum Gasteiger partial charge on any atom is -0.462 e. The molecule has 0 fully saturated rings. The van der Waals surface area contributed by atoms with Gasteiger partial charge >= 0.3 is 11.9 Å². The molecule has 4 nitrogen and oxygen atoms in total. The lowest BCUT2D eigenvalue weighted by Crippen LogP contribution is -2.05. The third-order valence-corrected chi connectivity index (χ3v) is 9.54. The zero-order chi connectivity index (χ0) is 28.7. The van der Waals surface area contributed by atoms with Crippen molar-refractivity contribution in [3.05, 3.63) is 34.0 Å². The fraction of sp³-hybridized carbons (Fsp3) is 0.706. The molecule has 2 aromatic heterocycles. The van der Waals surface area contributed by atoms with Crippen LogP contribution in [0.5, 0.6) is 0 Å². The fourth-order valence-corrected chi connectivity index (χ4v) is 6.69. The molecule has 0 aromatic carbocycles. The van der Waals surface area contributed by atoms with Crippen molar-refractivity contribution in [3.63, 3.8) is 0 Å². The van der Waals surface area contributed by atoms with Crippen LogP contribution >= 0.6 is 22.7 Å². The zero-order valence-electron chi connectivity index (χ0n) is 25.3. The van der Waals surface area contributed by atoms with Crippen molar-refractivity contribution >= 4 is 34.6 Å². The molecule has 0 aliphatic heterocycles. The molecular formula is C34H54O4S2. The van der Waals surface area contributed by atoms with Crippen LogP contribution in [0.4, 0.5) is 0 Å². The maximum Gasteiger partial charge on any atom is 0.348 e. The molecule has 0 bridgehead atoms. The van der Waals surface area contributed by atoms with Gasteiger partial charge in [0.2, 0.25) is 0 Å². The highest BCUT2D eigenvalue weighted by Crippen LogP contribution is 2.33. The van der Waals surface area contributed by atoms with E-state index >= 15 is 0 Å². The lowest BCUT2D eigenvalue weighted by molar-refractivity contribution is 0.0491. The maximum atomic E-state index is 12.5. The second-order valence-electron chi connectivity index (χ2n) is 11.0. The lowest BCUT2D eigenvalue weighted by Gasteiger charge is -2.04. The average Bonchev–Trinajstić information content (AvgIpc) is 3.65. The minimum atomic E-state index is -0.258. The first-order chi connectivity index (χ1) is 19.7. The van der Waals surface area contributed by atoms with Crippen LogP contribution in [0.1, 0.15) is 162 Å². The Kier molecular flexibility index (Phi) is 19.8. The van der Waals surface area contributed by atoms with Crippen molar-refractivity contribution < 1.29 is 19.1 Å². The molecule has 0 saturated heterocycles. The van der Waals surface area contributed by atoms with Crippen LogP contribution in [-0.2, 0) is 9.47 Å². The van der Waals surface area contributed by atoms with E-state index < -0.39 is 0 Å². The summed E-state index contributed by atoms with van der Waals surface area (Å²) >= 11 is 2.93. The van der Waals surface area contributed by atoms with Crippen molar-refractivity contribution in [2.45, 2.75) is 142 Å². The van der Waals surface area contributed by atoms with E-state index in [9.17, 15) is 9.59 Å². The number of ether oxygens (including phenoxy) is 2. The summed E-state index contributed by atoms with van der Waals surface area (Å²) in [6, 6.07) is 5.63. The molecule has 0 N–H and O–H groups in total. The largest absolute Gasteiger partial charge is 0.462 e. The molecule has 2 rings (SSSR count). The summed E-state index contributed by atoms with van der Waals surface area (Å²) in [5.74, 6) is -0.508. The summed E-state index contributed by atoms with van der Waals surface area (Å²) in [5.41, 5.74) is 0.588. The Labute approximate surface area is 252 Å². The van der Waals surface area contributed by atoms with Gasteiger partial charge in [-0.15, -0.1) is 22.7 Å². The topological polar surface area (TPSA) is 52.6 Å². The molecule has 0 radical (unpaired) electrons. The normalized spacial score (nSPS) is 11.2. The number of rotatable bonds is 25. The van der Waals surface area contributed by atoms with Gasteiger partial charge < -0.3 is 9.47 Å². The van der Waals surface area contributed by atoms with Crippen LogP contribution < -0.4 is 0 Å². The van der Waals surface area contributed by atoms with Crippen LogP contribution in [-0.4, -0.2) is 25.2 Å². The predicted octanol–water partition coefficient (Wildman–Crippen LogP) is 11.6. The Morgan fingerprint density at radius 1 is 0.575 bits per heavy atom. The van der Waals surface area contributed by atoms with Gasteiger partial charge in [-0.3, -0.25) is 0 Å². The van der Waals surface area contributed by atoms with Crippen LogP contribution in [0.3, 0.4) is 0 Å². The highest BCUT2D eigenvalue weighted by Gasteiger charge is 2.15. The number of carbonyl (C=O) groups excluding carboxylic acids is 2. The van der Waals surface area contributed by atoms with Crippen molar-refractivity contribution in [1.82, 2.24) is 0 Å². The van der Waals surface area contributed by atoms with Gasteiger partial charge in [0.15, 0.2) is 0 Å². The van der Waals surface area contributed by atoms with E-state index in [1.165, 1.54) is 125 Å². The first-order valence-electron chi connectivity index (χ1n) is 16.2. The van der Waals surface area contributed by atoms with Crippen LogP contribution in [0.15, 0.2) is 23.6 Å². The molecule has 2 heterocycles. The van der Waals surface area contributed by atoms with E-state index in [1.54, 1.807) is 0 Å². The van der Waals surface area contributed by atoms with E-state index in [4.69, 9.17) is 9.47 Å². The quantitative estimate of drug-likeness (QED) is 0.0852. The van der Waals surface area contributed by atoms with Gasteiger partial charge in [0, 0.05) is 15.1 Å². The van der Waals surface area contributed by atoms with Gasteiger partial charge in [0.1, 0.15) is 4.88 Å². The SMILES string of the molecule is CCCCCCCCCCCCOC(=O)c1csc(-c2ccc(C(=O)OCCCCCCCCCCCC)s2)c1. The zero-order valence-corrected chi connectivity index (χ0v) is 26.9. The Hall–Kier alpha value is -1.66. The molecule has 0 amide bonds. The Morgan fingerprint density at radius 3 is 1.52 bits per heavy atom. The van der Waals surface area contributed by atoms with E-state index in [0.29, 0.717) is 23.7 Å². The molecule has 0 spiro atoms. The first-order valence-corrected chi connectivity index (χ1v) is 17.9. The van der Waals surface area contributed by atoms with Gasteiger partial charge in [-0.25, -0.2) is 9.59 Å².